The van der Waals surface area contributed by atoms with Crippen LogP contribution in [0.5, 0.6) is 0 Å². The Labute approximate surface area is 233 Å². The van der Waals surface area contributed by atoms with Gasteiger partial charge >= 0.3 is 0 Å². The van der Waals surface area contributed by atoms with Gasteiger partial charge in [-0.3, -0.25) is 29.2 Å². The van der Waals surface area contributed by atoms with Crippen LogP contribution in [0.3, 0.4) is 0 Å². The summed E-state index contributed by atoms with van der Waals surface area (Å²) >= 11 is 0. The Morgan fingerprint density at radius 1 is 1.10 bits per heavy atom. The molecule has 3 aliphatic rings. The van der Waals surface area contributed by atoms with Crippen molar-refractivity contribution in [1.82, 2.24) is 9.97 Å². The van der Waals surface area contributed by atoms with Crippen LogP contribution < -0.4 is 9.80 Å². The molecule has 0 radical (unpaired) electrons. The molecule has 3 aromatic rings. The van der Waals surface area contributed by atoms with E-state index in [1.807, 2.05) is 12.1 Å². The summed E-state index contributed by atoms with van der Waals surface area (Å²) in [4.78, 5) is 52.6. The van der Waals surface area contributed by atoms with E-state index in [-0.39, 0.29) is 36.3 Å². The van der Waals surface area contributed by atoms with Crippen LogP contribution >= 0.6 is 0 Å². The van der Waals surface area contributed by atoms with E-state index in [1.54, 1.807) is 18.2 Å². The Morgan fingerprint density at radius 2 is 1.88 bits per heavy atom. The molecular weight excluding hydrogens is 535 g/mol. The van der Waals surface area contributed by atoms with Gasteiger partial charge in [0.15, 0.2) is 5.78 Å². The van der Waals surface area contributed by atoms with Crippen LogP contribution in [0.4, 0.5) is 24.7 Å². The maximum atomic E-state index is 14.7. The third kappa shape index (κ3) is 4.34. The minimum atomic E-state index is -2.99. The number of carbonyl (C=O) groups excluding carboxylic acids is 3. The average molecular weight is 560 g/mol. The minimum Gasteiger partial charge on any atom is -0.296 e. The fourth-order valence-electron chi connectivity index (χ4n) is 6.41. The SMILES string of the molecule is N#Cc1ccnc(N2C(=O)CC[C@H]2C(=O)N(c2cncc(F)c2)[C@@]2(C(=O)C3CC(F)(F)C3)CCc3ccccc32)c1. The predicted molar refractivity (Wildman–Crippen MR) is 140 cm³/mol. The topological polar surface area (TPSA) is 107 Å². The molecule has 0 spiro atoms. The molecule has 1 saturated heterocycles. The van der Waals surface area contributed by atoms with Gasteiger partial charge in [-0.25, -0.2) is 18.2 Å². The molecule has 0 N–H and O–H groups in total. The Bertz CT molecular complexity index is 1610. The minimum absolute atomic E-state index is 0.00348. The Balaban J connectivity index is 1.52. The van der Waals surface area contributed by atoms with Gasteiger partial charge in [-0.15, -0.1) is 0 Å². The number of carbonyl (C=O) groups is 3. The molecule has 8 nitrogen and oxygen atoms in total. The molecule has 0 unspecified atom stereocenters. The largest absolute Gasteiger partial charge is 0.296 e. The molecule has 1 saturated carbocycles. The second-order valence-corrected chi connectivity index (χ2v) is 10.7. The number of ketones is 1. The van der Waals surface area contributed by atoms with Crippen LogP contribution in [0.25, 0.3) is 0 Å². The van der Waals surface area contributed by atoms with E-state index in [0.717, 1.165) is 17.8 Å². The summed E-state index contributed by atoms with van der Waals surface area (Å²) in [7, 11) is 0. The number of pyridine rings is 2. The van der Waals surface area contributed by atoms with Gasteiger partial charge in [0, 0.05) is 37.4 Å². The Hall–Kier alpha value is -4.59. The molecule has 41 heavy (non-hydrogen) atoms. The van der Waals surface area contributed by atoms with Crippen molar-refractivity contribution >= 4 is 29.1 Å². The lowest BCUT2D eigenvalue weighted by Gasteiger charge is -2.46. The number of hydrogen-bond acceptors (Lipinski definition) is 6. The number of nitriles is 1. The average Bonchev–Trinajstić information content (AvgIpc) is 3.53. The van der Waals surface area contributed by atoms with E-state index in [2.05, 4.69) is 9.97 Å². The van der Waals surface area contributed by atoms with Crippen LogP contribution in [0.15, 0.2) is 61.1 Å². The number of nitrogens with zero attached hydrogens (tertiary/aromatic N) is 5. The summed E-state index contributed by atoms with van der Waals surface area (Å²) in [6, 6.07) is 11.8. The van der Waals surface area contributed by atoms with Gasteiger partial charge in [0.05, 0.1) is 29.7 Å². The number of aromatic nitrogens is 2. The van der Waals surface area contributed by atoms with Gasteiger partial charge in [0.1, 0.15) is 23.2 Å². The van der Waals surface area contributed by atoms with Crippen molar-refractivity contribution in [3.8, 4) is 6.07 Å². The molecule has 2 aromatic heterocycles. The highest BCUT2D eigenvalue weighted by Crippen LogP contribution is 2.52. The first kappa shape index (κ1) is 26.6. The first-order valence-corrected chi connectivity index (χ1v) is 13.3. The number of aryl methyl sites for hydroxylation is 1. The third-order valence-electron chi connectivity index (χ3n) is 8.26. The number of amides is 2. The molecular formula is C30H24F3N5O3. The van der Waals surface area contributed by atoms with Gasteiger partial charge in [-0.1, -0.05) is 24.3 Å². The van der Waals surface area contributed by atoms with Crippen LogP contribution in [0.1, 0.15) is 48.8 Å². The van der Waals surface area contributed by atoms with Crippen molar-refractivity contribution in [3.05, 3.63) is 83.6 Å². The zero-order valence-corrected chi connectivity index (χ0v) is 21.8. The molecule has 2 amide bonds. The van der Waals surface area contributed by atoms with Gasteiger partial charge in [0.2, 0.25) is 11.8 Å². The highest BCUT2D eigenvalue weighted by atomic mass is 19.3. The molecule has 6 rings (SSSR count). The standard InChI is InChI=1S/C30H24F3N5O3/c31-21-12-22(17-35-16-21)38(28(41)24-5-6-26(39)37(24)25-11-18(15-34)8-10-36-25)30(27(40)20-13-29(32,33)14-20)9-7-19-3-1-2-4-23(19)30/h1-4,8,10-12,16-17,20,24H,5-7,9,13-14H2/t24-,30-/m0/s1. The van der Waals surface area contributed by atoms with Crippen molar-refractivity contribution in [1.29, 1.82) is 5.26 Å². The third-order valence-corrected chi connectivity index (χ3v) is 8.26. The first-order valence-electron chi connectivity index (χ1n) is 13.3. The van der Waals surface area contributed by atoms with Crippen LogP contribution in [-0.4, -0.2) is 39.5 Å². The van der Waals surface area contributed by atoms with E-state index in [4.69, 9.17) is 0 Å². The van der Waals surface area contributed by atoms with Crippen molar-refractivity contribution in [2.24, 2.45) is 5.92 Å². The molecule has 1 aromatic carbocycles. The maximum Gasteiger partial charge on any atom is 0.251 e. The summed E-state index contributed by atoms with van der Waals surface area (Å²) in [5.74, 6) is -6.31. The summed E-state index contributed by atoms with van der Waals surface area (Å²) in [6.07, 6.45) is 2.83. The zero-order chi connectivity index (χ0) is 28.9. The fourth-order valence-corrected chi connectivity index (χ4v) is 6.41. The molecule has 2 fully saturated rings. The van der Waals surface area contributed by atoms with E-state index >= 15 is 0 Å². The van der Waals surface area contributed by atoms with Crippen molar-refractivity contribution in [2.75, 3.05) is 9.80 Å². The number of rotatable bonds is 6. The number of Topliss-reactive ketones (excluding diaryl/α,β-unsaturated/α-hetero) is 1. The van der Waals surface area contributed by atoms with Gasteiger partial charge in [-0.2, -0.15) is 5.26 Å². The lowest BCUT2D eigenvalue weighted by molar-refractivity contribution is -0.154. The number of benzene rings is 1. The maximum absolute atomic E-state index is 14.7. The smallest absolute Gasteiger partial charge is 0.251 e. The summed E-state index contributed by atoms with van der Waals surface area (Å²) in [5.41, 5.74) is -0.252. The van der Waals surface area contributed by atoms with E-state index in [1.165, 1.54) is 34.3 Å². The second kappa shape index (κ2) is 9.80. The van der Waals surface area contributed by atoms with E-state index < -0.39 is 59.7 Å². The molecule has 208 valence electrons. The molecule has 2 aliphatic carbocycles. The lowest BCUT2D eigenvalue weighted by atomic mass is 9.69. The zero-order valence-electron chi connectivity index (χ0n) is 21.8. The number of alkyl halides is 2. The van der Waals surface area contributed by atoms with Crippen LogP contribution in [-0.2, 0) is 26.3 Å². The lowest BCUT2D eigenvalue weighted by Crippen LogP contribution is -2.61. The van der Waals surface area contributed by atoms with Crippen molar-refractivity contribution in [2.45, 2.75) is 56.0 Å². The molecule has 3 heterocycles. The summed E-state index contributed by atoms with van der Waals surface area (Å²) in [5, 5.41) is 9.37. The molecule has 2 atom stereocenters. The van der Waals surface area contributed by atoms with Gasteiger partial charge in [-0.05, 0) is 42.5 Å². The monoisotopic (exact) mass is 559 g/mol. The fraction of sp³-hybridized carbons (Fsp3) is 0.333. The van der Waals surface area contributed by atoms with Gasteiger partial charge in [0.25, 0.3) is 5.91 Å². The predicted octanol–water partition coefficient (Wildman–Crippen LogP) is 4.47. The van der Waals surface area contributed by atoms with Crippen molar-refractivity contribution in [3.63, 3.8) is 0 Å². The molecule has 11 heteroatoms. The highest BCUT2D eigenvalue weighted by molar-refractivity contribution is 6.13. The van der Waals surface area contributed by atoms with Gasteiger partial charge < -0.3 is 0 Å². The van der Waals surface area contributed by atoms with Crippen LogP contribution in [0, 0.1) is 23.1 Å². The summed E-state index contributed by atoms with van der Waals surface area (Å²) < 4.78 is 42.6. The molecule has 0 bridgehead atoms. The van der Waals surface area contributed by atoms with E-state index in [9.17, 15) is 32.8 Å². The Kier molecular flexibility index (Phi) is 6.36. The molecule has 1 aliphatic heterocycles. The second-order valence-electron chi connectivity index (χ2n) is 10.7. The number of hydrogen-bond donors (Lipinski definition) is 0. The summed E-state index contributed by atoms with van der Waals surface area (Å²) in [6.45, 7) is 0. The van der Waals surface area contributed by atoms with E-state index in [0.29, 0.717) is 12.0 Å². The van der Waals surface area contributed by atoms with Crippen LogP contribution in [0.2, 0.25) is 0 Å². The quantitative estimate of drug-likeness (QED) is 0.441. The number of anilines is 2. The van der Waals surface area contributed by atoms with Crippen molar-refractivity contribution < 1.29 is 27.6 Å². The first-order chi connectivity index (χ1) is 19.6. The number of halogens is 3. The highest BCUT2D eigenvalue weighted by Gasteiger charge is 2.60. The Morgan fingerprint density at radius 3 is 2.61 bits per heavy atom. The normalized spacial score (nSPS) is 23.0. The number of fused-ring (bicyclic) bond motifs is 1.